The number of carbonyl (C=O) groups is 2. The molecule has 1 aliphatic rings. The van der Waals surface area contributed by atoms with Crippen molar-refractivity contribution in [3.8, 4) is 5.75 Å². The van der Waals surface area contributed by atoms with Crippen molar-refractivity contribution in [1.82, 2.24) is 4.90 Å². The number of hydrogen-bond donors (Lipinski definition) is 0. The lowest BCUT2D eigenvalue weighted by atomic mass is 9.98. The predicted molar refractivity (Wildman–Crippen MR) is 102 cm³/mol. The van der Waals surface area contributed by atoms with Gasteiger partial charge in [-0.3, -0.25) is 14.5 Å². The summed E-state index contributed by atoms with van der Waals surface area (Å²) in [6.45, 7) is -0.675. The second-order valence-corrected chi connectivity index (χ2v) is 8.24. The van der Waals surface area contributed by atoms with Crippen LogP contribution in [0.2, 0.25) is 0 Å². The highest BCUT2D eigenvalue weighted by molar-refractivity contribution is 7.87. The van der Waals surface area contributed by atoms with Crippen molar-refractivity contribution in [3.63, 3.8) is 0 Å². The number of hydrogen-bond acceptors (Lipinski definition) is 6. The van der Waals surface area contributed by atoms with Gasteiger partial charge >= 0.3 is 15.6 Å². The Morgan fingerprint density at radius 3 is 2.06 bits per heavy atom. The molecule has 33 heavy (non-hydrogen) atoms. The normalized spacial score (nSPS) is 15.3. The molecule has 13 heteroatoms. The van der Waals surface area contributed by atoms with Crippen LogP contribution >= 0.6 is 0 Å². The summed E-state index contributed by atoms with van der Waals surface area (Å²) < 4.78 is 101. The van der Waals surface area contributed by atoms with Crippen LogP contribution in [0, 0.1) is 11.6 Å². The summed E-state index contributed by atoms with van der Waals surface area (Å²) in [6.07, 6.45) is -0.543. The Morgan fingerprint density at radius 2 is 1.55 bits per heavy atom. The van der Waals surface area contributed by atoms with Crippen LogP contribution in [0.5, 0.6) is 5.75 Å². The Morgan fingerprint density at radius 1 is 0.970 bits per heavy atom. The monoisotopic (exact) mass is 491 g/mol. The van der Waals surface area contributed by atoms with Gasteiger partial charge in [0.05, 0.1) is 19.2 Å². The SMILES string of the molecule is COc1ccc([C@@H](OS(=O)(=O)C(F)(F)F)c2c(F)ccc(CN3C(=O)C=CC3=O)c2F)cc1. The second kappa shape index (κ2) is 8.90. The van der Waals surface area contributed by atoms with Gasteiger partial charge in [-0.1, -0.05) is 18.2 Å². The number of carbonyl (C=O) groups excluding carboxylic acids is 2. The zero-order chi connectivity index (χ0) is 24.6. The van der Waals surface area contributed by atoms with Crippen LogP contribution in [-0.2, 0) is 30.4 Å². The van der Waals surface area contributed by atoms with Crippen LogP contribution in [0.3, 0.4) is 0 Å². The summed E-state index contributed by atoms with van der Waals surface area (Å²) in [5.74, 6) is -4.24. The minimum absolute atomic E-state index is 0.226. The lowest BCUT2D eigenvalue weighted by Gasteiger charge is -2.22. The van der Waals surface area contributed by atoms with Gasteiger partial charge in [-0.25, -0.2) is 13.0 Å². The molecule has 0 spiro atoms. The van der Waals surface area contributed by atoms with Crippen molar-refractivity contribution < 1.29 is 48.9 Å². The zero-order valence-corrected chi connectivity index (χ0v) is 17.4. The number of ether oxygens (including phenoxy) is 1. The molecule has 0 aliphatic carbocycles. The van der Waals surface area contributed by atoms with Gasteiger partial charge in [0.25, 0.3) is 11.8 Å². The molecule has 7 nitrogen and oxygen atoms in total. The van der Waals surface area contributed by atoms with E-state index in [9.17, 15) is 35.6 Å². The number of methoxy groups -OCH3 is 1. The van der Waals surface area contributed by atoms with Gasteiger partial charge in [0.2, 0.25) is 0 Å². The van der Waals surface area contributed by atoms with E-state index in [0.29, 0.717) is 11.0 Å². The maximum atomic E-state index is 15.3. The van der Waals surface area contributed by atoms with Crippen molar-refractivity contribution >= 4 is 21.9 Å². The van der Waals surface area contributed by atoms with Gasteiger partial charge in [0.15, 0.2) is 0 Å². The molecule has 176 valence electrons. The van der Waals surface area contributed by atoms with E-state index in [2.05, 4.69) is 4.18 Å². The molecule has 0 N–H and O–H groups in total. The largest absolute Gasteiger partial charge is 0.523 e. The van der Waals surface area contributed by atoms with Crippen molar-refractivity contribution in [2.45, 2.75) is 18.2 Å². The lowest BCUT2D eigenvalue weighted by molar-refractivity contribution is -0.137. The smallest absolute Gasteiger partial charge is 0.497 e. The molecule has 0 saturated heterocycles. The Bertz CT molecular complexity index is 1210. The van der Waals surface area contributed by atoms with E-state index in [0.717, 1.165) is 30.4 Å². The number of imide groups is 1. The summed E-state index contributed by atoms with van der Waals surface area (Å²) in [5, 5.41) is 0. The third kappa shape index (κ3) is 4.88. The average molecular weight is 491 g/mol. The summed E-state index contributed by atoms with van der Waals surface area (Å²) in [6, 6.07) is 6.11. The first-order valence-corrected chi connectivity index (χ1v) is 10.4. The van der Waals surface area contributed by atoms with Gasteiger partial charge in [0, 0.05) is 17.7 Å². The summed E-state index contributed by atoms with van der Waals surface area (Å²) in [7, 11) is -5.00. The van der Waals surface area contributed by atoms with Gasteiger partial charge in [-0.15, -0.1) is 0 Å². The van der Waals surface area contributed by atoms with E-state index < -0.39 is 62.9 Å². The molecule has 2 aromatic rings. The molecule has 0 bridgehead atoms. The van der Waals surface area contributed by atoms with E-state index in [1.807, 2.05) is 0 Å². The number of benzene rings is 2. The third-order valence-electron chi connectivity index (χ3n) is 4.62. The summed E-state index contributed by atoms with van der Waals surface area (Å²) in [4.78, 5) is 24.1. The first kappa shape index (κ1) is 24.3. The molecule has 2 amide bonds. The van der Waals surface area contributed by atoms with E-state index in [4.69, 9.17) is 4.74 Å². The molecule has 1 atom stereocenters. The van der Waals surface area contributed by atoms with E-state index in [-0.39, 0.29) is 11.3 Å². The van der Waals surface area contributed by atoms with E-state index in [1.165, 1.54) is 19.2 Å². The van der Waals surface area contributed by atoms with Gasteiger partial charge < -0.3 is 4.74 Å². The Balaban J connectivity index is 2.12. The topological polar surface area (TPSA) is 90.0 Å². The zero-order valence-electron chi connectivity index (χ0n) is 16.6. The first-order valence-electron chi connectivity index (χ1n) is 8.99. The van der Waals surface area contributed by atoms with Crippen LogP contribution in [-0.4, -0.2) is 37.8 Å². The summed E-state index contributed by atoms with van der Waals surface area (Å²) in [5.41, 5.74) is -7.82. The second-order valence-electron chi connectivity index (χ2n) is 6.68. The molecular weight excluding hydrogens is 477 g/mol. The third-order valence-corrected chi connectivity index (χ3v) is 5.64. The molecule has 0 fully saturated rings. The fourth-order valence-corrected chi connectivity index (χ4v) is 3.53. The molecule has 0 aromatic heterocycles. The molecule has 0 unspecified atom stereocenters. The number of nitrogens with zero attached hydrogens (tertiary/aromatic N) is 1. The highest BCUT2D eigenvalue weighted by Gasteiger charge is 2.49. The molecular formula is C20H14F5NO6S. The van der Waals surface area contributed by atoms with Crippen LogP contribution < -0.4 is 4.74 Å². The standard InChI is InChI=1S/C20H14F5NO6S/c1-31-13-5-2-11(3-6-13)19(32-33(29,30)20(23,24)25)17-14(21)7-4-12(18(17)22)10-26-15(27)8-9-16(26)28/h2-9,19H,10H2,1H3/t19-/m1/s1. The highest BCUT2D eigenvalue weighted by Crippen LogP contribution is 2.37. The molecule has 1 aliphatic heterocycles. The van der Waals surface area contributed by atoms with Crippen molar-refractivity contribution in [2.75, 3.05) is 7.11 Å². The Hall–Kier alpha value is -3.32. The highest BCUT2D eigenvalue weighted by atomic mass is 32.2. The van der Waals surface area contributed by atoms with E-state index >= 15 is 4.39 Å². The number of alkyl halides is 3. The average Bonchev–Trinajstić information content (AvgIpc) is 3.06. The van der Waals surface area contributed by atoms with Gasteiger partial charge in [-0.2, -0.15) is 21.6 Å². The van der Waals surface area contributed by atoms with Crippen molar-refractivity contribution in [3.05, 3.63) is 76.9 Å². The predicted octanol–water partition coefficient (Wildman–Crippen LogP) is 3.35. The molecule has 0 saturated carbocycles. The van der Waals surface area contributed by atoms with Crippen LogP contribution in [0.4, 0.5) is 22.0 Å². The number of amides is 2. The molecule has 1 heterocycles. The fraction of sp³-hybridized carbons (Fsp3) is 0.200. The van der Waals surface area contributed by atoms with Gasteiger partial charge in [-0.05, 0) is 23.8 Å². The Kier molecular flexibility index (Phi) is 6.56. The quantitative estimate of drug-likeness (QED) is 0.256. The fourth-order valence-electron chi connectivity index (χ4n) is 2.96. The minimum Gasteiger partial charge on any atom is -0.497 e. The first-order chi connectivity index (χ1) is 15.4. The van der Waals surface area contributed by atoms with Gasteiger partial charge in [0.1, 0.15) is 23.5 Å². The maximum Gasteiger partial charge on any atom is 0.523 e. The minimum atomic E-state index is -6.29. The maximum absolute atomic E-state index is 15.3. The van der Waals surface area contributed by atoms with E-state index in [1.54, 1.807) is 0 Å². The van der Waals surface area contributed by atoms with Crippen LogP contribution in [0.25, 0.3) is 0 Å². The van der Waals surface area contributed by atoms with Crippen molar-refractivity contribution in [1.29, 1.82) is 0 Å². The van der Waals surface area contributed by atoms with Crippen LogP contribution in [0.15, 0.2) is 48.6 Å². The number of halogens is 5. The lowest BCUT2D eigenvalue weighted by Crippen LogP contribution is -2.30. The molecule has 0 radical (unpaired) electrons. The summed E-state index contributed by atoms with van der Waals surface area (Å²) >= 11 is 0. The van der Waals surface area contributed by atoms with Crippen LogP contribution in [0.1, 0.15) is 22.8 Å². The molecule has 2 aromatic carbocycles. The Labute approximate surface area is 184 Å². The number of rotatable bonds is 7. The molecule has 3 rings (SSSR count). The van der Waals surface area contributed by atoms with Crippen molar-refractivity contribution in [2.24, 2.45) is 0 Å².